The highest BCUT2D eigenvalue weighted by Gasteiger charge is 2.41. The Morgan fingerprint density at radius 2 is 1.97 bits per heavy atom. The van der Waals surface area contributed by atoms with Crippen molar-refractivity contribution in [2.45, 2.75) is 24.5 Å². The Balaban J connectivity index is 1.78. The minimum Gasteiger partial charge on any atom is -0.469 e. The molecule has 2 aromatic rings. The number of para-hydroxylation sites is 1. The van der Waals surface area contributed by atoms with Crippen LogP contribution in [0, 0.1) is 0 Å². The third-order valence-corrected chi connectivity index (χ3v) is 8.10. The van der Waals surface area contributed by atoms with Crippen LogP contribution in [0.1, 0.15) is 18.9 Å². The molecule has 1 unspecified atom stereocenters. The van der Waals surface area contributed by atoms with Crippen LogP contribution in [0.5, 0.6) is 0 Å². The molecule has 160 valence electrons. The fourth-order valence-electron chi connectivity index (χ4n) is 4.04. The summed E-state index contributed by atoms with van der Waals surface area (Å²) < 4.78 is 38.1. The summed E-state index contributed by atoms with van der Waals surface area (Å²) in [6.07, 6.45) is 7.71. The van der Waals surface area contributed by atoms with Gasteiger partial charge in [0.15, 0.2) is 0 Å². The topological polar surface area (TPSA) is 77.8 Å². The van der Waals surface area contributed by atoms with Crippen molar-refractivity contribution in [1.82, 2.24) is 8.87 Å². The molecule has 0 spiro atoms. The van der Waals surface area contributed by atoms with Gasteiger partial charge >= 0.3 is 5.97 Å². The van der Waals surface area contributed by atoms with E-state index in [0.29, 0.717) is 30.7 Å². The van der Waals surface area contributed by atoms with Crippen LogP contribution in [0.4, 0.5) is 0 Å². The van der Waals surface area contributed by atoms with E-state index in [1.165, 1.54) is 11.1 Å². The zero-order valence-corrected chi connectivity index (χ0v) is 18.0. The van der Waals surface area contributed by atoms with E-state index in [0.717, 1.165) is 24.2 Å². The van der Waals surface area contributed by atoms with E-state index in [4.69, 9.17) is 9.47 Å². The van der Waals surface area contributed by atoms with Gasteiger partial charge in [-0.05, 0) is 37.1 Å². The normalized spacial score (nSPS) is 22.2. The van der Waals surface area contributed by atoms with Crippen molar-refractivity contribution >= 4 is 26.9 Å². The van der Waals surface area contributed by atoms with Crippen LogP contribution in [0.3, 0.4) is 0 Å². The predicted octanol–water partition coefficient (Wildman–Crippen LogP) is 2.47. The fourth-order valence-corrected chi connectivity index (χ4v) is 5.75. The number of rotatable bonds is 5. The molecule has 30 heavy (non-hydrogen) atoms. The van der Waals surface area contributed by atoms with E-state index in [1.54, 1.807) is 25.3 Å². The molecule has 4 rings (SSSR count). The molecule has 1 aliphatic heterocycles. The third-order valence-electron chi connectivity index (χ3n) is 5.81. The van der Waals surface area contributed by atoms with Crippen molar-refractivity contribution in [3.63, 3.8) is 0 Å². The molecule has 0 radical (unpaired) electrons. The lowest BCUT2D eigenvalue weighted by Crippen LogP contribution is -2.42. The molecule has 1 saturated heterocycles. The number of carbonyl (C=O) groups excluding carboxylic acids is 1. The van der Waals surface area contributed by atoms with E-state index >= 15 is 0 Å². The largest absolute Gasteiger partial charge is 0.469 e. The maximum absolute atomic E-state index is 13.8. The first-order valence-corrected chi connectivity index (χ1v) is 11.4. The monoisotopic (exact) mass is 430 g/mol. The van der Waals surface area contributed by atoms with Crippen molar-refractivity contribution in [1.29, 1.82) is 0 Å². The molecule has 1 aromatic carbocycles. The highest BCUT2D eigenvalue weighted by atomic mass is 32.2. The number of aromatic nitrogens is 1. The highest BCUT2D eigenvalue weighted by molar-refractivity contribution is 7.91. The van der Waals surface area contributed by atoms with Crippen molar-refractivity contribution < 1.29 is 22.7 Å². The minimum atomic E-state index is -3.80. The number of methoxy groups -OCH3 is 1. The van der Waals surface area contributed by atoms with Crippen LogP contribution < -0.4 is 0 Å². The van der Waals surface area contributed by atoms with Crippen molar-refractivity contribution in [3.8, 4) is 0 Å². The number of hydrogen-bond donors (Lipinski definition) is 0. The zero-order valence-electron chi connectivity index (χ0n) is 17.2. The Bertz CT molecular complexity index is 1130. The number of fused-ring (bicyclic) bond motifs is 1. The maximum Gasteiger partial charge on any atom is 0.310 e. The summed E-state index contributed by atoms with van der Waals surface area (Å²) in [5, 5.41) is 0.735. The van der Waals surface area contributed by atoms with Crippen LogP contribution in [-0.4, -0.2) is 61.4 Å². The van der Waals surface area contributed by atoms with E-state index in [1.807, 2.05) is 30.4 Å². The van der Waals surface area contributed by atoms with Gasteiger partial charge in [-0.15, -0.1) is 0 Å². The molecule has 2 heterocycles. The number of hydrogen-bond acceptors (Lipinski definition) is 6. The quantitative estimate of drug-likeness (QED) is 0.678. The molecule has 1 aliphatic carbocycles. The second-order valence-electron chi connectivity index (χ2n) is 7.81. The SMILES string of the molecule is COC(=O)Cc1cn(S(=O)(=O)C2(C)C=C(N3CCOCC3)C=CC2)c2ccccc12. The molecule has 0 amide bonds. The number of benzene rings is 1. The smallest absolute Gasteiger partial charge is 0.310 e. The third kappa shape index (κ3) is 3.54. The number of esters is 1. The number of morpholine rings is 1. The van der Waals surface area contributed by atoms with Gasteiger partial charge in [0.05, 0.1) is 32.3 Å². The summed E-state index contributed by atoms with van der Waals surface area (Å²) in [5.41, 5.74) is 2.10. The molecular formula is C22H26N2O5S. The Kier molecular flexibility index (Phi) is 5.46. The average Bonchev–Trinajstić information content (AvgIpc) is 3.13. The van der Waals surface area contributed by atoms with Crippen molar-refractivity contribution in [3.05, 3.63) is 60.0 Å². The fraction of sp³-hybridized carbons (Fsp3) is 0.409. The van der Waals surface area contributed by atoms with Gasteiger partial charge in [0.1, 0.15) is 4.75 Å². The molecule has 7 nitrogen and oxygen atoms in total. The van der Waals surface area contributed by atoms with Crippen LogP contribution >= 0.6 is 0 Å². The van der Waals surface area contributed by atoms with Gasteiger partial charge in [-0.1, -0.05) is 24.3 Å². The van der Waals surface area contributed by atoms with E-state index in [2.05, 4.69) is 4.90 Å². The Morgan fingerprint density at radius 3 is 2.70 bits per heavy atom. The Labute approximate surface area is 176 Å². The first-order chi connectivity index (χ1) is 14.4. The number of allylic oxidation sites excluding steroid dienone is 2. The minimum absolute atomic E-state index is 0.0189. The standard InChI is InChI=1S/C22H26N2O5S/c1-22(9-5-6-18(15-22)23-10-12-29-13-11-23)30(26,27)24-16-17(14-21(25)28-2)19-7-3-4-8-20(19)24/h3-8,15-16H,9-14H2,1-2H3. The van der Waals surface area contributed by atoms with Gasteiger partial charge in [0.25, 0.3) is 0 Å². The molecule has 0 saturated carbocycles. The van der Waals surface area contributed by atoms with Gasteiger partial charge in [0, 0.05) is 30.4 Å². The zero-order chi connectivity index (χ0) is 21.4. The summed E-state index contributed by atoms with van der Waals surface area (Å²) in [6, 6.07) is 7.23. The van der Waals surface area contributed by atoms with Crippen LogP contribution in [0.15, 0.2) is 54.4 Å². The van der Waals surface area contributed by atoms with E-state index < -0.39 is 20.7 Å². The molecule has 0 N–H and O–H groups in total. The first-order valence-electron chi connectivity index (χ1n) is 9.99. The summed E-state index contributed by atoms with van der Waals surface area (Å²) in [4.78, 5) is 14.0. The van der Waals surface area contributed by atoms with Crippen molar-refractivity contribution in [2.24, 2.45) is 0 Å². The van der Waals surface area contributed by atoms with Gasteiger partial charge in [-0.2, -0.15) is 0 Å². The lowest BCUT2D eigenvalue weighted by Gasteiger charge is -2.35. The molecule has 8 heteroatoms. The Morgan fingerprint density at radius 1 is 1.23 bits per heavy atom. The highest BCUT2D eigenvalue weighted by Crippen LogP contribution is 2.35. The van der Waals surface area contributed by atoms with Crippen LogP contribution in [0.2, 0.25) is 0 Å². The summed E-state index contributed by atoms with van der Waals surface area (Å²) in [6.45, 7) is 4.49. The maximum atomic E-state index is 13.8. The summed E-state index contributed by atoms with van der Waals surface area (Å²) in [5.74, 6) is -0.406. The van der Waals surface area contributed by atoms with Crippen LogP contribution in [-0.2, 0) is 30.7 Å². The second-order valence-corrected chi connectivity index (χ2v) is 10.1. The van der Waals surface area contributed by atoms with E-state index in [9.17, 15) is 13.2 Å². The number of nitrogens with zero attached hydrogens (tertiary/aromatic N) is 2. The second kappa shape index (κ2) is 7.92. The van der Waals surface area contributed by atoms with Crippen molar-refractivity contribution in [2.75, 3.05) is 33.4 Å². The molecule has 1 fully saturated rings. The Hall–Kier alpha value is -2.58. The molecule has 2 aliphatic rings. The first kappa shape index (κ1) is 20.7. The number of carbonyl (C=O) groups is 1. The van der Waals surface area contributed by atoms with Crippen LogP contribution in [0.25, 0.3) is 10.9 Å². The summed E-state index contributed by atoms with van der Waals surface area (Å²) >= 11 is 0. The van der Waals surface area contributed by atoms with Gasteiger partial charge < -0.3 is 14.4 Å². The average molecular weight is 431 g/mol. The van der Waals surface area contributed by atoms with Gasteiger partial charge in [-0.3, -0.25) is 4.79 Å². The summed E-state index contributed by atoms with van der Waals surface area (Å²) in [7, 11) is -2.48. The van der Waals surface area contributed by atoms with E-state index in [-0.39, 0.29) is 6.42 Å². The predicted molar refractivity (Wildman–Crippen MR) is 115 cm³/mol. The van der Waals surface area contributed by atoms with Gasteiger partial charge in [0.2, 0.25) is 10.0 Å². The number of ether oxygens (including phenoxy) is 2. The van der Waals surface area contributed by atoms with Gasteiger partial charge in [-0.25, -0.2) is 12.4 Å². The molecule has 1 aromatic heterocycles. The molecule has 1 atom stereocenters. The molecular weight excluding hydrogens is 404 g/mol. The molecule has 0 bridgehead atoms. The lowest BCUT2D eigenvalue weighted by molar-refractivity contribution is -0.139. The lowest BCUT2D eigenvalue weighted by atomic mass is 9.99.